The van der Waals surface area contributed by atoms with Crippen molar-refractivity contribution >= 4 is 11.8 Å². The summed E-state index contributed by atoms with van der Waals surface area (Å²) < 4.78 is 1.67. The molecule has 0 unspecified atom stereocenters. The number of nitrogens with one attached hydrogen (secondary N) is 1. The molecule has 1 aromatic rings. The second-order valence-corrected chi connectivity index (χ2v) is 3.62. The van der Waals surface area contributed by atoms with E-state index < -0.39 is 0 Å². The second kappa shape index (κ2) is 2.94. The van der Waals surface area contributed by atoms with Gasteiger partial charge in [0.25, 0.3) is 5.91 Å². The number of imidazole rings is 1. The molecule has 14 heavy (non-hydrogen) atoms. The molecule has 5 nitrogen and oxygen atoms in total. The van der Waals surface area contributed by atoms with Gasteiger partial charge in [-0.2, -0.15) is 0 Å². The van der Waals surface area contributed by atoms with Crippen molar-refractivity contribution in [3.8, 4) is 0 Å². The summed E-state index contributed by atoms with van der Waals surface area (Å²) in [6.07, 6.45) is 1.51. The van der Waals surface area contributed by atoms with Gasteiger partial charge in [-0.05, 0) is 0 Å². The summed E-state index contributed by atoms with van der Waals surface area (Å²) in [7, 11) is 0. The molecule has 0 aromatic carbocycles. The van der Waals surface area contributed by atoms with E-state index in [2.05, 4.69) is 10.3 Å². The van der Waals surface area contributed by atoms with Crippen molar-refractivity contribution in [1.82, 2.24) is 14.9 Å². The van der Waals surface area contributed by atoms with E-state index in [1.807, 2.05) is 13.8 Å². The fourth-order valence-electron chi connectivity index (χ4n) is 1.57. The average molecular weight is 193 g/mol. The van der Waals surface area contributed by atoms with E-state index in [4.69, 9.17) is 0 Å². The van der Waals surface area contributed by atoms with Gasteiger partial charge in [0.05, 0.1) is 6.20 Å². The lowest BCUT2D eigenvalue weighted by atomic mass is 10.2. The van der Waals surface area contributed by atoms with Crippen LogP contribution in [0, 0.1) is 0 Å². The molecule has 5 heteroatoms. The Morgan fingerprint density at radius 1 is 1.50 bits per heavy atom. The van der Waals surface area contributed by atoms with E-state index in [1.54, 1.807) is 4.57 Å². The molecule has 0 saturated heterocycles. The van der Waals surface area contributed by atoms with Gasteiger partial charge in [-0.3, -0.25) is 14.9 Å². The molecule has 1 aromatic heterocycles. The second-order valence-electron chi connectivity index (χ2n) is 3.62. The van der Waals surface area contributed by atoms with Gasteiger partial charge in [-0.25, -0.2) is 4.98 Å². The van der Waals surface area contributed by atoms with E-state index in [0.717, 1.165) is 5.82 Å². The van der Waals surface area contributed by atoms with Gasteiger partial charge in [0.1, 0.15) is 18.1 Å². The summed E-state index contributed by atoms with van der Waals surface area (Å²) in [5.41, 5.74) is 0.466. The Morgan fingerprint density at radius 3 is 2.86 bits per heavy atom. The first kappa shape index (κ1) is 8.93. The Morgan fingerprint density at radius 2 is 2.21 bits per heavy atom. The summed E-state index contributed by atoms with van der Waals surface area (Å²) in [4.78, 5) is 26.6. The fraction of sp³-hybridized carbons (Fsp3) is 0.444. The molecule has 0 atom stereocenters. The average Bonchev–Trinajstić information content (AvgIpc) is 2.47. The zero-order valence-electron chi connectivity index (χ0n) is 8.07. The zero-order valence-corrected chi connectivity index (χ0v) is 8.07. The van der Waals surface area contributed by atoms with Gasteiger partial charge >= 0.3 is 0 Å². The molecule has 0 saturated carbocycles. The Balaban J connectivity index is 2.51. The van der Waals surface area contributed by atoms with Crippen molar-refractivity contribution in [2.45, 2.75) is 26.3 Å². The van der Waals surface area contributed by atoms with Crippen molar-refractivity contribution in [3.63, 3.8) is 0 Å². The summed E-state index contributed by atoms with van der Waals surface area (Å²) >= 11 is 0. The highest BCUT2D eigenvalue weighted by Gasteiger charge is 2.25. The minimum atomic E-state index is -0.361. The molecule has 0 aliphatic carbocycles. The molecule has 1 aliphatic heterocycles. The van der Waals surface area contributed by atoms with Crippen LogP contribution in [0.4, 0.5) is 0 Å². The Bertz CT molecular complexity index is 406. The van der Waals surface area contributed by atoms with Crippen molar-refractivity contribution in [3.05, 3.63) is 17.7 Å². The quantitative estimate of drug-likeness (QED) is 0.651. The number of fused-ring (bicyclic) bond motifs is 1. The number of hydrogen-bond donors (Lipinski definition) is 1. The molecule has 2 amide bonds. The first-order valence-corrected chi connectivity index (χ1v) is 4.49. The number of rotatable bonds is 1. The van der Waals surface area contributed by atoms with Crippen molar-refractivity contribution in [2.75, 3.05) is 0 Å². The monoisotopic (exact) mass is 193 g/mol. The molecular formula is C9H11N3O2. The highest BCUT2D eigenvalue weighted by Crippen LogP contribution is 2.17. The minimum absolute atomic E-state index is 0.189. The van der Waals surface area contributed by atoms with E-state index in [0.29, 0.717) is 5.69 Å². The first-order valence-electron chi connectivity index (χ1n) is 4.49. The van der Waals surface area contributed by atoms with Crippen LogP contribution in [-0.4, -0.2) is 21.4 Å². The minimum Gasteiger partial charge on any atom is -0.314 e. The van der Waals surface area contributed by atoms with Gasteiger partial charge < -0.3 is 4.57 Å². The lowest BCUT2D eigenvalue weighted by Gasteiger charge is -2.17. The summed E-state index contributed by atoms with van der Waals surface area (Å²) in [5, 5.41) is 2.25. The van der Waals surface area contributed by atoms with Crippen LogP contribution >= 0.6 is 0 Å². The summed E-state index contributed by atoms with van der Waals surface area (Å²) in [6, 6.07) is 0. The maximum atomic E-state index is 11.3. The van der Waals surface area contributed by atoms with Crippen LogP contribution in [0.5, 0.6) is 0 Å². The van der Waals surface area contributed by atoms with Crippen molar-refractivity contribution in [2.24, 2.45) is 0 Å². The predicted molar refractivity (Wildman–Crippen MR) is 48.8 cm³/mol. The van der Waals surface area contributed by atoms with Gasteiger partial charge in [0, 0.05) is 5.92 Å². The Labute approximate surface area is 81.1 Å². The molecule has 1 N–H and O–H groups in total. The maximum absolute atomic E-state index is 11.3. The molecule has 0 spiro atoms. The summed E-state index contributed by atoms with van der Waals surface area (Å²) in [5.74, 6) is 0.355. The topological polar surface area (TPSA) is 64.0 Å². The number of carbonyl (C=O) groups is 2. The van der Waals surface area contributed by atoms with Gasteiger partial charge in [-0.15, -0.1) is 0 Å². The normalized spacial score (nSPS) is 15.6. The van der Waals surface area contributed by atoms with E-state index in [-0.39, 0.29) is 24.3 Å². The molecule has 2 rings (SSSR count). The largest absolute Gasteiger partial charge is 0.314 e. The van der Waals surface area contributed by atoms with E-state index >= 15 is 0 Å². The molecule has 1 aliphatic rings. The van der Waals surface area contributed by atoms with Crippen LogP contribution in [0.2, 0.25) is 0 Å². The summed E-state index contributed by atoms with van der Waals surface area (Å²) in [6.45, 7) is 4.15. The van der Waals surface area contributed by atoms with Gasteiger partial charge in [0.15, 0.2) is 0 Å². The van der Waals surface area contributed by atoms with Crippen molar-refractivity contribution in [1.29, 1.82) is 0 Å². The Hall–Kier alpha value is -1.65. The van der Waals surface area contributed by atoms with E-state index in [1.165, 1.54) is 6.20 Å². The molecule has 74 valence electrons. The molecule has 0 bridgehead atoms. The predicted octanol–water partition coefficient (Wildman–Crippen LogP) is 0.277. The number of aromatic nitrogens is 2. The van der Waals surface area contributed by atoms with E-state index in [9.17, 15) is 9.59 Å². The number of nitrogens with zero attached hydrogens (tertiary/aromatic N) is 2. The smallest absolute Gasteiger partial charge is 0.276 e. The lowest BCUT2D eigenvalue weighted by molar-refractivity contribution is -0.121. The lowest BCUT2D eigenvalue weighted by Crippen LogP contribution is -2.40. The standard InChI is InChI=1S/C9H11N3O2/c1-5(2)8-10-3-6-9(14)11-7(13)4-12(6)8/h3,5H,4H2,1-2H3,(H,11,13,14). The van der Waals surface area contributed by atoms with Gasteiger partial charge in [-0.1, -0.05) is 13.8 Å². The number of imide groups is 1. The van der Waals surface area contributed by atoms with Crippen LogP contribution in [0.15, 0.2) is 6.20 Å². The third-order valence-electron chi connectivity index (χ3n) is 2.19. The maximum Gasteiger partial charge on any atom is 0.276 e. The first-order chi connectivity index (χ1) is 6.59. The number of carbonyl (C=O) groups excluding carboxylic acids is 2. The highest BCUT2D eigenvalue weighted by molar-refractivity contribution is 6.06. The van der Waals surface area contributed by atoms with Crippen LogP contribution in [-0.2, 0) is 11.3 Å². The fourth-order valence-corrected chi connectivity index (χ4v) is 1.57. The van der Waals surface area contributed by atoms with Crippen LogP contribution in [0.25, 0.3) is 0 Å². The van der Waals surface area contributed by atoms with Crippen LogP contribution in [0.3, 0.4) is 0 Å². The molecule has 2 heterocycles. The molecular weight excluding hydrogens is 182 g/mol. The third kappa shape index (κ3) is 1.21. The molecule has 0 radical (unpaired) electrons. The highest BCUT2D eigenvalue weighted by atomic mass is 16.2. The van der Waals surface area contributed by atoms with Crippen LogP contribution in [0.1, 0.15) is 36.1 Å². The van der Waals surface area contributed by atoms with Crippen molar-refractivity contribution < 1.29 is 9.59 Å². The Kier molecular flexibility index (Phi) is 1.87. The van der Waals surface area contributed by atoms with Crippen LogP contribution < -0.4 is 5.32 Å². The zero-order chi connectivity index (χ0) is 10.3. The number of amides is 2. The SMILES string of the molecule is CC(C)c1ncc2n1CC(=O)NC2=O. The third-order valence-corrected chi connectivity index (χ3v) is 2.19. The molecule has 0 fully saturated rings. The number of hydrogen-bond acceptors (Lipinski definition) is 3. The van der Waals surface area contributed by atoms with Gasteiger partial charge in [0.2, 0.25) is 5.91 Å².